The number of benzene rings is 10. The molecule has 0 N–H and O–H groups in total. The highest BCUT2D eigenvalue weighted by Crippen LogP contribution is 2.45. The highest BCUT2D eigenvalue weighted by Gasteiger charge is 2.20. The van der Waals surface area contributed by atoms with Crippen LogP contribution < -0.4 is 9.80 Å². The van der Waals surface area contributed by atoms with Crippen LogP contribution in [0.4, 0.5) is 34.1 Å². The van der Waals surface area contributed by atoms with Crippen molar-refractivity contribution in [1.82, 2.24) is 0 Å². The molecule has 0 aliphatic rings. The van der Waals surface area contributed by atoms with E-state index < -0.39 is 0 Å². The number of hydrogen-bond acceptors (Lipinski definition) is 2. The first kappa shape index (κ1) is 36.4. The SMILES string of the molecule is c1ccc(-c2ccc(N(c3cccc(-c4ccc(-c5ccc(N(c6ccccc6)c6ccccc6)cc5)cc4)c3)c3ccc4ccccc4c3-c3ccccc3)cc2)cc1. The first-order valence-corrected chi connectivity index (χ1v) is 20.5. The highest BCUT2D eigenvalue weighted by atomic mass is 15.1. The second kappa shape index (κ2) is 16.5. The summed E-state index contributed by atoms with van der Waals surface area (Å²) in [6.45, 7) is 0. The molecule has 0 aliphatic heterocycles. The fourth-order valence-corrected chi connectivity index (χ4v) is 8.30. The van der Waals surface area contributed by atoms with E-state index in [9.17, 15) is 0 Å². The average Bonchev–Trinajstić information content (AvgIpc) is 3.33. The maximum absolute atomic E-state index is 2.41. The van der Waals surface area contributed by atoms with Gasteiger partial charge in [-0.1, -0.05) is 188 Å². The molecule has 0 atom stereocenters. The van der Waals surface area contributed by atoms with Gasteiger partial charge < -0.3 is 9.80 Å². The van der Waals surface area contributed by atoms with Crippen molar-refractivity contribution in [2.75, 3.05) is 9.80 Å². The Morgan fingerprint density at radius 1 is 0.217 bits per heavy atom. The van der Waals surface area contributed by atoms with Crippen molar-refractivity contribution in [3.8, 4) is 44.5 Å². The topological polar surface area (TPSA) is 6.48 Å². The lowest BCUT2D eigenvalue weighted by Crippen LogP contribution is -2.11. The van der Waals surface area contributed by atoms with E-state index in [0.717, 1.165) is 45.3 Å². The van der Waals surface area contributed by atoms with E-state index in [1.54, 1.807) is 0 Å². The average molecular weight is 767 g/mol. The second-order valence-corrected chi connectivity index (χ2v) is 15.0. The van der Waals surface area contributed by atoms with Gasteiger partial charge in [-0.3, -0.25) is 0 Å². The standard InChI is InChI=1S/C58H42N2/c1-5-16-43(17-6-1)45-34-39-54(40-35-45)60(57-41-36-48-18-13-14-27-56(48)58(57)49-19-7-2-8-20-49)55-26-15-21-50(42-55)47-30-28-44(29-31-47)46-32-37-53(38-33-46)59(51-22-9-3-10-23-51)52-24-11-4-12-25-52/h1-42H. The van der Waals surface area contributed by atoms with Crippen LogP contribution in [-0.4, -0.2) is 0 Å². The van der Waals surface area contributed by atoms with Gasteiger partial charge in [0, 0.05) is 34.0 Å². The number of rotatable bonds is 10. The van der Waals surface area contributed by atoms with Crippen molar-refractivity contribution in [3.05, 3.63) is 255 Å². The van der Waals surface area contributed by atoms with Crippen LogP contribution in [-0.2, 0) is 0 Å². The van der Waals surface area contributed by atoms with Crippen LogP contribution in [0.5, 0.6) is 0 Å². The molecule has 10 aromatic rings. The molecule has 0 heterocycles. The monoisotopic (exact) mass is 766 g/mol. The lowest BCUT2D eigenvalue weighted by Gasteiger charge is -2.29. The number of fused-ring (bicyclic) bond motifs is 1. The van der Waals surface area contributed by atoms with Gasteiger partial charge >= 0.3 is 0 Å². The van der Waals surface area contributed by atoms with Gasteiger partial charge in [0.1, 0.15) is 0 Å². The quantitative estimate of drug-likeness (QED) is 0.137. The molecule has 0 aliphatic carbocycles. The minimum absolute atomic E-state index is 1.09. The van der Waals surface area contributed by atoms with E-state index >= 15 is 0 Å². The summed E-state index contributed by atoms with van der Waals surface area (Å²) in [5.74, 6) is 0. The summed E-state index contributed by atoms with van der Waals surface area (Å²) in [4.78, 5) is 4.71. The Morgan fingerprint density at radius 3 is 1.17 bits per heavy atom. The smallest absolute Gasteiger partial charge is 0.0546 e. The number of anilines is 6. The Labute approximate surface area is 352 Å². The molecular weight excluding hydrogens is 725 g/mol. The third-order valence-corrected chi connectivity index (χ3v) is 11.3. The molecule has 284 valence electrons. The molecule has 0 saturated heterocycles. The summed E-state index contributed by atoms with van der Waals surface area (Å²) >= 11 is 0. The van der Waals surface area contributed by atoms with E-state index in [-0.39, 0.29) is 0 Å². The third kappa shape index (κ3) is 7.35. The summed E-state index contributed by atoms with van der Waals surface area (Å²) < 4.78 is 0. The van der Waals surface area contributed by atoms with Gasteiger partial charge in [0.2, 0.25) is 0 Å². The van der Waals surface area contributed by atoms with Gasteiger partial charge in [0.15, 0.2) is 0 Å². The summed E-state index contributed by atoms with van der Waals surface area (Å²) in [6.07, 6.45) is 0. The zero-order valence-electron chi connectivity index (χ0n) is 33.1. The van der Waals surface area contributed by atoms with Crippen molar-refractivity contribution in [2.45, 2.75) is 0 Å². The first-order valence-electron chi connectivity index (χ1n) is 20.5. The molecule has 0 unspecified atom stereocenters. The zero-order chi connectivity index (χ0) is 40.1. The Balaban J connectivity index is 1.02. The van der Waals surface area contributed by atoms with Crippen molar-refractivity contribution < 1.29 is 0 Å². The molecule has 10 rings (SSSR count). The van der Waals surface area contributed by atoms with Crippen molar-refractivity contribution in [3.63, 3.8) is 0 Å². The van der Waals surface area contributed by atoms with Crippen LogP contribution in [0.2, 0.25) is 0 Å². The minimum atomic E-state index is 1.09. The Kier molecular flexibility index (Phi) is 10.0. The lowest BCUT2D eigenvalue weighted by molar-refractivity contribution is 1.28. The fraction of sp³-hybridized carbons (Fsp3) is 0. The summed E-state index contributed by atoms with van der Waals surface area (Å²) in [7, 11) is 0. The number of para-hydroxylation sites is 2. The van der Waals surface area contributed by atoms with Gasteiger partial charge in [0.25, 0.3) is 0 Å². The first-order chi connectivity index (χ1) is 29.8. The van der Waals surface area contributed by atoms with Gasteiger partial charge in [-0.15, -0.1) is 0 Å². The molecule has 0 bridgehead atoms. The van der Waals surface area contributed by atoms with Crippen LogP contribution in [0.1, 0.15) is 0 Å². The molecule has 60 heavy (non-hydrogen) atoms. The van der Waals surface area contributed by atoms with E-state index in [1.807, 2.05) is 0 Å². The van der Waals surface area contributed by atoms with Gasteiger partial charge in [-0.05, 0) is 116 Å². The minimum Gasteiger partial charge on any atom is -0.311 e. The predicted octanol–water partition coefficient (Wildman–Crippen LogP) is 16.4. The van der Waals surface area contributed by atoms with Gasteiger partial charge in [-0.25, -0.2) is 0 Å². The van der Waals surface area contributed by atoms with E-state index in [1.165, 1.54) is 44.2 Å². The van der Waals surface area contributed by atoms with E-state index in [0.29, 0.717) is 0 Å². The molecule has 0 spiro atoms. The third-order valence-electron chi connectivity index (χ3n) is 11.3. The lowest BCUT2D eigenvalue weighted by atomic mass is 9.94. The molecule has 0 fully saturated rings. The molecule has 2 heteroatoms. The molecule has 10 aromatic carbocycles. The fourth-order valence-electron chi connectivity index (χ4n) is 8.30. The normalized spacial score (nSPS) is 11.0. The largest absolute Gasteiger partial charge is 0.311 e. The maximum Gasteiger partial charge on any atom is 0.0546 e. The van der Waals surface area contributed by atoms with E-state index in [4.69, 9.17) is 0 Å². The van der Waals surface area contributed by atoms with Crippen LogP contribution >= 0.6 is 0 Å². The van der Waals surface area contributed by atoms with Crippen LogP contribution in [0, 0.1) is 0 Å². The molecule has 2 nitrogen and oxygen atoms in total. The van der Waals surface area contributed by atoms with Crippen LogP contribution in [0.25, 0.3) is 55.3 Å². The Hall–Kier alpha value is -7.94. The van der Waals surface area contributed by atoms with Crippen molar-refractivity contribution in [2.24, 2.45) is 0 Å². The van der Waals surface area contributed by atoms with Crippen LogP contribution in [0.15, 0.2) is 255 Å². The van der Waals surface area contributed by atoms with Crippen LogP contribution in [0.3, 0.4) is 0 Å². The molecule has 0 radical (unpaired) electrons. The maximum atomic E-state index is 2.41. The number of hydrogen-bond donors (Lipinski definition) is 0. The van der Waals surface area contributed by atoms with Gasteiger partial charge in [0.05, 0.1) is 5.69 Å². The Morgan fingerprint density at radius 2 is 0.600 bits per heavy atom. The van der Waals surface area contributed by atoms with Crippen molar-refractivity contribution in [1.29, 1.82) is 0 Å². The molecule has 0 aromatic heterocycles. The van der Waals surface area contributed by atoms with E-state index in [2.05, 4.69) is 265 Å². The molecular formula is C58H42N2. The summed E-state index contributed by atoms with van der Waals surface area (Å²) in [5.41, 5.74) is 16.1. The summed E-state index contributed by atoms with van der Waals surface area (Å²) in [6, 6.07) is 91.4. The molecule has 0 saturated carbocycles. The second-order valence-electron chi connectivity index (χ2n) is 15.0. The Bertz CT molecular complexity index is 2940. The van der Waals surface area contributed by atoms with Crippen molar-refractivity contribution >= 4 is 44.9 Å². The molecule has 0 amide bonds. The zero-order valence-corrected chi connectivity index (χ0v) is 33.1. The predicted molar refractivity (Wildman–Crippen MR) is 255 cm³/mol. The highest BCUT2D eigenvalue weighted by molar-refractivity contribution is 6.05. The van der Waals surface area contributed by atoms with Gasteiger partial charge in [-0.2, -0.15) is 0 Å². The summed E-state index contributed by atoms with van der Waals surface area (Å²) in [5, 5.41) is 2.44. The number of nitrogens with zero attached hydrogens (tertiary/aromatic N) is 2.